The maximum absolute atomic E-state index is 5.80. The van der Waals surface area contributed by atoms with Crippen molar-refractivity contribution in [1.82, 2.24) is 9.80 Å². The molecular formula is C11H23N3. The molecule has 3 nitrogen and oxygen atoms in total. The summed E-state index contributed by atoms with van der Waals surface area (Å²) in [4.78, 5) is 5.06. The molecule has 0 unspecified atom stereocenters. The molecule has 1 saturated carbocycles. The van der Waals surface area contributed by atoms with Crippen LogP contribution in [0.5, 0.6) is 0 Å². The van der Waals surface area contributed by atoms with E-state index in [2.05, 4.69) is 16.8 Å². The summed E-state index contributed by atoms with van der Waals surface area (Å²) < 4.78 is 0. The van der Waals surface area contributed by atoms with Crippen LogP contribution in [0.3, 0.4) is 0 Å². The summed E-state index contributed by atoms with van der Waals surface area (Å²) in [5.74, 6) is 0.897. The van der Waals surface area contributed by atoms with Crippen molar-refractivity contribution in [2.24, 2.45) is 11.7 Å². The van der Waals surface area contributed by atoms with Gasteiger partial charge in [0.25, 0.3) is 0 Å². The molecular weight excluding hydrogens is 174 g/mol. The van der Waals surface area contributed by atoms with E-state index in [-0.39, 0.29) is 0 Å². The van der Waals surface area contributed by atoms with Crippen LogP contribution in [0.15, 0.2) is 0 Å². The summed E-state index contributed by atoms with van der Waals surface area (Å²) in [5.41, 5.74) is 5.80. The van der Waals surface area contributed by atoms with Gasteiger partial charge in [0.15, 0.2) is 0 Å². The van der Waals surface area contributed by atoms with Gasteiger partial charge in [-0.1, -0.05) is 0 Å². The molecule has 0 bridgehead atoms. The lowest BCUT2D eigenvalue weighted by Crippen LogP contribution is -2.43. The average molecular weight is 197 g/mol. The summed E-state index contributed by atoms with van der Waals surface area (Å²) in [6.07, 6.45) is 3.84. The van der Waals surface area contributed by atoms with Crippen molar-refractivity contribution in [2.75, 3.05) is 39.8 Å². The van der Waals surface area contributed by atoms with Crippen LogP contribution in [0.25, 0.3) is 0 Å². The zero-order chi connectivity index (χ0) is 9.97. The van der Waals surface area contributed by atoms with Crippen molar-refractivity contribution < 1.29 is 0 Å². The second-order valence-corrected chi connectivity index (χ2v) is 5.05. The van der Waals surface area contributed by atoms with Crippen LogP contribution in [-0.2, 0) is 0 Å². The van der Waals surface area contributed by atoms with E-state index in [1.807, 2.05) is 0 Å². The van der Waals surface area contributed by atoms with Crippen molar-refractivity contribution in [2.45, 2.75) is 25.3 Å². The van der Waals surface area contributed by atoms with Crippen LogP contribution in [0.1, 0.15) is 19.3 Å². The highest BCUT2D eigenvalue weighted by molar-refractivity contribution is 4.84. The van der Waals surface area contributed by atoms with Crippen molar-refractivity contribution >= 4 is 0 Å². The molecule has 0 aromatic rings. The largest absolute Gasteiger partial charge is 0.328 e. The van der Waals surface area contributed by atoms with Crippen LogP contribution in [-0.4, -0.2) is 55.6 Å². The predicted molar refractivity (Wildman–Crippen MR) is 59.3 cm³/mol. The lowest BCUT2D eigenvalue weighted by atomic mass is 9.80. The molecule has 0 amide bonds. The van der Waals surface area contributed by atoms with E-state index < -0.39 is 0 Å². The Bertz CT molecular complexity index is 177. The number of hydrogen-bond acceptors (Lipinski definition) is 3. The van der Waals surface area contributed by atoms with E-state index in [0.29, 0.717) is 6.04 Å². The minimum absolute atomic E-state index is 0.509. The molecule has 2 aliphatic rings. The quantitative estimate of drug-likeness (QED) is 0.694. The van der Waals surface area contributed by atoms with E-state index in [1.54, 1.807) is 0 Å². The van der Waals surface area contributed by atoms with Crippen LogP contribution in [0.4, 0.5) is 0 Å². The first-order valence-electron chi connectivity index (χ1n) is 5.90. The molecule has 0 aromatic heterocycles. The summed E-state index contributed by atoms with van der Waals surface area (Å²) >= 11 is 0. The van der Waals surface area contributed by atoms with E-state index in [9.17, 15) is 0 Å². The van der Waals surface area contributed by atoms with Gasteiger partial charge in [-0.05, 0) is 45.3 Å². The van der Waals surface area contributed by atoms with Gasteiger partial charge in [-0.3, -0.25) is 0 Å². The van der Waals surface area contributed by atoms with Gasteiger partial charge in [-0.2, -0.15) is 0 Å². The Morgan fingerprint density at radius 2 is 1.93 bits per heavy atom. The van der Waals surface area contributed by atoms with Crippen LogP contribution >= 0.6 is 0 Å². The summed E-state index contributed by atoms with van der Waals surface area (Å²) in [6.45, 7) is 6.33. The van der Waals surface area contributed by atoms with Gasteiger partial charge in [0.2, 0.25) is 0 Å². The second kappa shape index (κ2) is 4.60. The van der Waals surface area contributed by atoms with Crippen LogP contribution in [0.2, 0.25) is 0 Å². The lowest BCUT2D eigenvalue weighted by molar-refractivity contribution is 0.164. The average Bonchev–Trinajstić information content (AvgIpc) is 2.29. The fraction of sp³-hybridized carbons (Fsp3) is 1.00. The molecule has 2 N–H and O–H groups in total. The molecule has 0 atom stereocenters. The van der Waals surface area contributed by atoms with Gasteiger partial charge in [0.05, 0.1) is 0 Å². The summed E-state index contributed by atoms with van der Waals surface area (Å²) in [6, 6.07) is 0.509. The third-order valence-corrected chi connectivity index (χ3v) is 3.60. The fourth-order valence-corrected chi connectivity index (χ4v) is 2.58. The standard InChI is InChI=1S/C11H23N3/c1-13-3-2-4-14(6-5-13)9-10-7-11(12)8-10/h10-11H,2-9,12H2,1H3. The van der Waals surface area contributed by atoms with Gasteiger partial charge in [0, 0.05) is 25.7 Å². The Morgan fingerprint density at radius 1 is 1.14 bits per heavy atom. The monoisotopic (exact) mass is 197 g/mol. The zero-order valence-corrected chi connectivity index (χ0v) is 9.28. The minimum Gasteiger partial charge on any atom is -0.328 e. The predicted octanol–water partition coefficient (Wildman–Crippen LogP) is 0.361. The SMILES string of the molecule is CN1CCCN(CC2CC(N)C2)CC1. The first kappa shape index (κ1) is 10.4. The molecule has 1 aliphatic heterocycles. The maximum atomic E-state index is 5.80. The molecule has 0 aromatic carbocycles. The Labute approximate surface area is 87.2 Å². The highest BCUT2D eigenvalue weighted by Gasteiger charge is 2.27. The van der Waals surface area contributed by atoms with Gasteiger partial charge in [0.1, 0.15) is 0 Å². The molecule has 3 heteroatoms. The van der Waals surface area contributed by atoms with E-state index >= 15 is 0 Å². The number of hydrogen-bond donors (Lipinski definition) is 1. The van der Waals surface area contributed by atoms with Gasteiger partial charge >= 0.3 is 0 Å². The maximum Gasteiger partial charge on any atom is 0.0109 e. The Kier molecular flexibility index (Phi) is 3.42. The van der Waals surface area contributed by atoms with Gasteiger partial charge in [-0.15, -0.1) is 0 Å². The second-order valence-electron chi connectivity index (χ2n) is 5.05. The Hall–Kier alpha value is -0.120. The number of nitrogens with two attached hydrogens (primary N) is 1. The summed E-state index contributed by atoms with van der Waals surface area (Å²) in [5, 5.41) is 0. The molecule has 1 aliphatic carbocycles. The molecule has 2 rings (SSSR count). The normalized spacial score (nSPS) is 36.4. The third kappa shape index (κ3) is 2.69. The lowest BCUT2D eigenvalue weighted by Gasteiger charge is -2.36. The minimum atomic E-state index is 0.509. The molecule has 2 fully saturated rings. The van der Waals surface area contributed by atoms with Crippen molar-refractivity contribution in [3.05, 3.63) is 0 Å². The zero-order valence-electron chi connectivity index (χ0n) is 9.28. The van der Waals surface area contributed by atoms with Gasteiger partial charge in [-0.25, -0.2) is 0 Å². The molecule has 0 spiro atoms. The number of likely N-dealkylation sites (N-methyl/N-ethyl adjacent to an activating group) is 1. The van der Waals surface area contributed by atoms with Crippen LogP contribution < -0.4 is 5.73 Å². The van der Waals surface area contributed by atoms with E-state index in [4.69, 9.17) is 5.73 Å². The van der Waals surface area contributed by atoms with Crippen molar-refractivity contribution in [1.29, 1.82) is 0 Å². The smallest absolute Gasteiger partial charge is 0.0109 e. The molecule has 1 heterocycles. The molecule has 1 saturated heterocycles. The Morgan fingerprint density at radius 3 is 2.64 bits per heavy atom. The highest BCUT2D eigenvalue weighted by Crippen LogP contribution is 2.26. The number of nitrogens with zero attached hydrogens (tertiary/aromatic N) is 2. The molecule has 0 radical (unpaired) electrons. The first-order valence-corrected chi connectivity index (χ1v) is 5.90. The third-order valence-electron chi connectivity index (χ3n) is 3.60. The Balaban J connectivity index is 1.69. The van der Waals surface area contributed by atoms with Crippen molar-refractivity contribution in [3.63, 3.8) is 0 Å². The van der Waals surface area contributed by atoms with E-state index in [1.165, 1.54) is 52.0 Å². The van der Waals surface area contributed by atoms with Crippen LogP contribution in [0, 0.1) is 5.92 Å². The molecule has 82 valence electrons. The van der Waals surface area contributed by atoms with E-state index in [0.717, 1.165) is 5.92 Å². The topological polar surface area (TPSA) is 32.5 Å². The first-order chi connectivity index (χ1) is 6.74. The molecule has 14 heavy (non-hydrogen) atoms. The summed E-state index contributed by atoms with van der Waals surface area (Å²) in [7, 11) is 2.22. The number of rotatable bonds is 2. The van der Waals surface area contributed by atoms with Gasteiger partial charge < -0.3 is 15.5 Å². The fourth-order valence-electron chi connectivity index (χ4n) is 2.58. The highest BCUT2D eigenvalue weighted by atomic mass is 15.2. The van der Waals surface area contributed by atoms with Crippen molar-refractivity contribution in [3.8, 4) is 0 Å².